The van der Waals surface area contributed by atoms with Crippen LogP contribution in [0.25, 0.3) is 28.0 Å². The number of hydrogen-bond donors (Lipinski definition) is 0. The van der Waals surface area contributed by atoms with Crippen molar-refractivity contribution < 1.29 is 0 Å². The van der Waals surface area contributed by atoms with Crippen molar-refractivity contribution >= 4 is 11.0 Å². The van der Waals surface area contributed by atoms with Crippen molar-refractivity contribution in [1.29, 1.82) is 0 Å². The average Bonchev–Trinajstić information content (AvgIpc) is 3.00. The molecule has 2 aromatic heterocycles. The van der Waals surface area contributed by atoms with E-state index in [1.807, 2.05) is 59.6 Å². The van der Waals surface area contributed by atoms with Crippen LogP contribution >= 0.6 is 0 Å². The van der Waals surface area contributed by atoms with Crippen molar-refractivity contribution in [1.82, 2.24) is 14.5 Å². The molecule has 0 fully saturated rings. The summed E-state index contributed by atoms with van der Waals surface area (Å²) >= 11 is 0. The minimum atomic E-state index is 0. The third-order valence-electron chi connectivity index (χ3n) is 3.56. The van der Waals surface area contributed by atoms with Gasteiger partial charge in [-0.15, -0.1) is 0 Å². The second-order valence-electron chi connectivity index (χ2n) is 4.87. The molecule has 3 nitrogen and oxygen atoms in total. The molecule has 2 heterocycles. The number of benzene rings is 2. The molecule has 0 saturated heterocycles. The summed E-state index contributed by atoms with van der Waals surface area (Å²) in [5, 5.41) is 0. The Labute approximate surface area is 129 Å². The van der Waals surface area contributed by atoms with E-state index in [9.17, 15) is 0 Å². The van der Waals surface area contributed by atoms with Gasteiger partial charge >= 0.3 is 0 Å². The van der Waals surface area contributed by atoms with Crippen molar-refractivity contribution in [3.63, 3.8) is 0 Å². The zero-order valence-electron chi connectivity index (χ0n) is 12.3. The maximum absolute atomic E-state index is 4.57. The fraction of sp³-hybridized carbons (Fsp3) is 0. The Hall–Kier alpha value is -2.94. The molecule has 3 heteroatoms. The third-order valence-corrected chi connectivity index (χ3v) is 3.56. The van der Waals surface area contributed by atoms with E-state index in [0.29, 0.717) is 0 Å². The molecule has 0 radical (unpaired) electrons. The van der Waals surface area contributed by atoms with Crippen LogP contribution in [0.5, 0.6) is 0 Å². The summed E-state index contributed by atoms with van der Waals surface area (Å²) in [5.41, 5.74) is 4.33. The number of hydrogen-bond acceptors (Lipinski definition) is 2. The molecular weight excluding hydrogens is 270 g/mol. The summed E-state index contributed by atoms with van der Waals surface area (Å²) in [7, 11) is 0. The Morgan fingerprint density at radius 2 is 1.45 bits per heavy atom. The molecule has 2 aromatic carbocycles. The van der Waals surface area contributed by atoms with Gasteiger partial charge in [0.25, 0.3) is 0 Å². The van der Waals surface area contributed by atoms with Crippen LogP contribution in [0.3, 0.4) is 0 Å². The SMILES string of the molecule is [CH3-].c1ccc(-c2ccc(-n3cnc4ccccc43)nc2)cc1. The standard InChI is InChI=1S/C18H13N3.CH3/c1-2-6-14(7-3-1)15-10-11-18(19-12-15)21-13-20-16-8-4-5-9-17(16)21;/h1-13H;1H3/q;-1. The second kappa shape index (κ2) is 5.82. The first-order valence-corrected chi connectivity index (χ1v) is 6.86. The lowest BCUT2D eigenvalue weighted by atomic mass is 10.1. The van der Waals surface area contributed by atoms with E-state index in [4.69, 9.17) is 0 Å². The number of aromatic nitrogens is 3. The first kappa shape index (κ1) is 14.0. The Morgan fingerprint density at radius 3 is 2.23 bits per heavy atom. The Balaban J connectivity index is 0.00000144. The number of rotatable bonds is 2. The number of para-hydroxylation sites is 2. The fourth-order valence-electron chi connectivity index (χ4n) is 2.47. The lowest BCUT2D eigenvalue weighted by Crippen LogP contribution is -1.95. The highest BCUT2D eigenvalue weighted by atomic mass is 15.1. The zero-order chi connectivity index (χ0) is 14.1. The van der Waals surface area contributed by atoms with E-state index in [1.54, 1.807) is 0 Å². The minimum absolute atomic E-state index is 0. The predicted octanol–water partition coefficient (Wildman–Crippen LogP) is 4.54. The van der Waals surface area contributed by atoms with Gasteiger partial charge in [0.1, 0.15) is 12.1 Å². The van der Waals surface area contributed by atoms with Gasteiger partial charge in [-0.3, -0.25) is 4.57 Å². The average molecular weight is 286 g/mol. The summed E-state index contributed by atoms with van der Waals surface area (Å²) in [4.78, 5) is 8.97. The predicted molar refractivity (Wildman–Crippen MR) is 90.7 cm³/mol. The summed E-state index contributed by atoms with van der Waals surface area (Å²) in [6, 6.07) is 22.4. The zero-order valence-corrected chi connectivity index (χ0v) is 12.3. The van der Waals surface area contributed by atoms with E-state index in [0.717, 1.165) is 22.4 Å². The highest BCUT2D eigenvalue weighted by molar-refractivity contribution is 5.77. The van der Waals surface area contributed by atoms with Crippen molar-refractivity contribution in [3.8, 4) is 16.9 Å². The Morgan fingerprint density at radius 1 is 0.682 bits per heavy atom. The smallest absolute Gasteiger partial charge is 0.138 e. The van der Waals surface area contributed by atoms with E-state index in [2.05, 4.69) is 34.2 Å². The second-order valence-corrected chi connectivity index (χ2v) is 4.87. The summed E-state index contributed by atoms with van der Waals surface area (Å²) in [5.74, 6) is 0.878. The molecule has 4 aromatic rings. The van der Waals surface area contributed by atoms with Crippen LogP contribution in [-0.2, 0) is 0 Å². The maximum atomic E-state index is 4.57. The minimum Gasteiger partial charge on any atom is -0.358 e. The van der Waals surface area contributed by atoms with Crippen molar-refractivity contribution in [2.24, 2.45) is 0 Å². The van der Waals surface area contributed by atoms with Crippen molar-refractivity contribution in [2.75, 3.05) is 0 Å². The van der Waals surface area contributed by atoms with Crippen LogP contribution in [0.2, 0.25) is 0 Å². The molecular formula is C19H16N3-. The normalized spacial score (nSPS) is 10.4. The van der Waals surface area contributed by atoms with Gasteiger partial charge in [0, 0.05) is 11.8 Å². The number of nitrogens with zero attached hydrogens (tertiary/aromatic N) is 3. The van der Waals surface area contributed by atoms with Crippen LogP contribution in [-0.4, -0.2) is 14.5 Å². The van der Waals surface area contributed by atoms with Gasteiger partial charge in [-0.25, -0.2) is 9.97 Å². The molecule has 0 spiro atoms. The first-order chi connectivity index (χ1) is 10.4. The quantitative estimate of drug-likeness (QED) is 0.507. The number of imidazole rings is 1. The van der Waals surface area contributed by atoms with E-state index < -0.39 is 0 Å². The fourth-order valence-corrected chi connectivity index (χ4v) is 2.47. The summed E-state index contributed by atoms with van der Waals surface area (Å²) in [6.07, 6.45) is 3.72. The lowest BCUT2D eigenvalue weighted by molar-refractivity contribution is 1.02. The molecule has 22 heavy (non-hydrogen) atoms. The van der Waals surface area contributed by atoms with E-state index in [1.165, 1.54) is 5.56 Å². The molecule has 0 aliphatic rings. The number of fused-ring (bicyclic) bond motifs is 1. The van der Waals surface area contributed by atoms with Gasteiger partial charge in [0.2, 0.25) is 0 Å². The van der Waals surface area contributed by atoms with Gasteiger partial charge in [-0.2, -0.15) is 0 Å². The van der Waals surface area contributed by atoms with E-state index in [-0.39, 0.29) is 7.43 Å². The van der Waals surface area contributed by atoms with Gasteiger partial charge in [0.05, 0.1) is 11.0 Å². The van der Waals surface area contributed by atoms with Crippen LogP contribution in [0.15, 0.2) is 79.3 Å². The lowest BCUT2D eigenvalue weighted by Gasteiger charge is -2.05. The Kier molecular flexibility index (Phi) is 3.71. The monoisotopic (exact) mass is 286 g/mol. The third kappa shape index (κ3) is 2.37. The molecule has 0 aliphatic carbocycles. The molecule has 0 saturated carbocycles. The largest absolute Gasteiger partial charge is 0.358 e. The van der Waals surface area contributed by atoms with Crippen LogP contribution in [0.4, 0.5) is 0 Å². The maximum Gasteiger partial charge on any atom is 0.138 e. The molecule has 108 valence electrons. The highest BCUT2D eigenvalue weighted by Crippen LogP contribution is 2.21. The van der Waals surface area contributed by atoms with Crippen molar-refractivity contribution in [3.05, 3.63) is 86.7 Å². The first-order valence-electron chi connectivity index (χ1n) is 6.86. The van der Waals surface area contributed by atoms with Crippen molar-refractivity contribution in [2.45, 2.75) is 0 Å². The molecule has 0 N–H and O–H groups in total. The topological polar surface area (TPSA) is 30.7 Å². The summed E-state index contributed by atoms with van der Waals surface area (Å²) in [6.45, 7) is 0. The van der Waals surface area contributed by atoms with Gasteiger partial charge in [-0.05, 0) is 29.8 Å². The van der Waals surface area contributed by atoms with Gasteiger partial charge < -0.3 is 7.43 Å². The number of pyridine rings is 1. The van der Waals surface area contributed by atoms with E-state index >= 15 is 0 Å². The molecule has 0 atom stereocenters. The highest BCUT2D eigenvalue weighted by Gasteiger charge is 2.05. The molecule has 0 amide bonds. The van der Waals surface area contributed by atoms with Gasteiger partial charge in [0.15, 0.2) is 0 Å². The van der Waals surface area contributed by atoms with Crippen LogP contribution in [0.1, 0.15) is 0 Å². The molecule has 0 aliphatic heterocycles. The Bertz CT molecular complexity index is 877. The van der Waals surface area contributed by atoms with Crippen LogP contribution in [0, 0.1) is 7.43 Å². The van der Waals surface area contributed by atoms with Crippen LogP contribution < -0.4 is 0 Å². The molecule has 0 bridgehead atoms. The molecule has 0 unspecified atom stereocenters. The molecule has 4 rings (SSSR count). The summed E-state index contributed by atoms with van der Waals surface area (Å²) < 4.78 is 2.00. The van der Waals surface area contributed by atoms with Gasteiger partial charge in [-0.1, -0.05) is 42.5 Å².